The summed E-state index contributed by atoms with van der Waals surface area (Å²) >= 11 is 8.77. The fraction of sp³-hybridized carbons (Fsp3) is 0.333. The van der Waals surface area contributed by atoms with Crippen LogP contribution in [0.25, 0.3) is 0 Å². The molecule has 1 rings (SSSR count). The Morgan fingerprint density at radius 1 is 1.83 bits per heavy atom. The fourth-order valence-electron chi connectivity index (χ4n) is 0.620. The molecule has 12 heavy (non-hydrogen) atoms. The van der Waals surface area contributed by atoms with E-state index in [2.05, 4.69) is 4.37 Å². The van der Waals surface area contributed by atoms with Gasteiger partial charge in [0.15, 0.2) is 0 Å². The van der Waals surface area contributed by atoms with E-state index in [-0.39, 0.29) is 0 Å². The molecule has 66 valence electrons. The summed E-state index contributed by atoms with van der Waals surface area (Å²) in [5, 5.41) is 0. The second-order valence-corrected chi connectivity index (χ2v) is 4.24. The van der Waals surface area contributed by atoms with Crippen molar-refractivity contribution in [3.8, 4) is 0 Å². The molecular weight excluding hydrogens is 312 g/mol. The first-order chi connectivity index (χ1) is 5.66. The van der Waals surface area contributed by atoms with Gasteiger partial charge in [-0.05, 0) is 41.0 Å². The summed E-state index contributed by atoms with van der Waals surface area (Å²) < 4.78 is 9.69. The number of rotatable bonds is 2. The van der Waals surface area contributed by atoms with E-state index in [0.29, 0.717) is 20.2 Å². The van der Waals surface area contributed by atoms with Crippen LogP contribution in [0.2, 0.25) is 4.34 Å². The molecule has 1 aromatic rings. The van der Waals surface area contributed by atoms with Crippen LogP contribution in [0.3, 0.4) is 0 Å². The van der Waals surface area contributed by atoms with Gasteiger partial charge in [0, 0.05) is 0 Å². The van der Waals surface area contributed by atoms with Gasteiger partial charge in [0.2, 0.25) is 0 Å². The van der Waals surface area contributed by atoms with Crippen molar-refractivity contribution in [2.75, 3.05) is 6.61 Å². The predicted octanol–water partition coefficient (Wildman–Crippen LogP) is 2.58. The van der Waals surface area contributed by atoms with Gasteiger partial charge in [0.1, 0.15) is 13.6 Å². The molecule has 0 unspecified atom stereocenters. The van der Waals surface area contributed by atoms with Gasteiger partial charge in [-0.3, -0.25) is 0 Å². The first-order valence-electron chi connectivity index (χ1n) is 3.14. The zero-order valence-corrected chi connectivity index (χ0v) is 9.86. The number of esters is 1. The van der Waals surface area contributed by atoms with Crippen LogP contribution >= 0.6 is 45.7 Å². The van der Waals surface area contributed by atoms with Crippen LogP contribution in [0.1, 0.15) is 17.3 Å². The lowest BCUT2D eigenvalue weighted by Gasteiger charge is -1.98. The fourth-order valence-corrected chi connectivity index (χ4v) is 2.54. The number of halogens is 2. The highest BCUT2D eigenvalue weighted by Crippen LogP contribution is 2.26. The van der Waals surface area contributed by atoms with Crippen LogP contribution in [0.5, 0.6) is 0 Å². The van der Waals surface area contributed by atoms with Crippen LogP contribution in [-0.2, 0) is 4.74 Å². The standard InChI is InChI=1S/C6H5ClINO2S/c1-2-11-6(10)3-4(7)12-9-5(3)8/h2H2,1H3. The molecule has 0 bridgehead atoms. The topological polar surface area (TPSA) is 39.2 Å². The van der Waals surface area contributed by atoms with E-state index >= 15 is 0 Å². The summed E-state index contributed by atoms with van der Waals surface area (Å²) in [6.45, 7) is 2.10. The van der Waals surface area contributed by atoms with Gasteiger partial charge in [-0.25, -0.2) is 4.79 Å². The monoisotopic (exact) mass is 317 g/mol. The largest absolute Gasteiger partial charge is 0.462 e. The van der Waals surface area contributed by atoms with Gasteiger partial charge >= 0.3 is 5.97 Å². The van der Waals surface area contributed by atoms with Crippen LogP contribution in [0, 0.1) is 3.70 Å². The number of hydrogen-bond acceptors (Lipinski definition) is 4. The summed E-state index contributed by atoms with van der Waals surface area (Å²) in [4.78, 5) is 11.2. The minimum absolute atomic E-state index is 0.348. The molecule has 3 nitrogen and oxygen atoms in total. The van der Waals surface area contributed by atoms with Crippen LogP contribution in [0.4, 0.5) is 0 Å². The molecule has 0 fully saturated rings. The van der Waals surface area contributed by atoms with E-state index in [9.17, 15) is 4.79 Å². The summed E-state index contributed by atoms with van der Waals surface area (Å²) in [6, 6.07) is 0. The van der Waals surface area contributed by atoms with Crippen LogP contribution in [0.15, 0.2) is 0 Å². The summed E-state index contributed by atoms with van der Waals surface area (Å²) in [6.07, 6.45) is 0. The average Bonchev–Trinajstić information content (AvgIpc) is 2.32. The summed E-state index contributed by atoms with van der Waals surface area (Å²) in [5.74, 6) is -0.402. The quantitative estimate of drug-likeness (QED) is 0.622. The molecule has 0 atom stereocenters. The maximum Gasteiger partial charge on any atom is 0.343 e. The third kappa shape index (κ3) is 2.08. The van der Waals surface area contributed by atoms with Crippen molar-refractivity contribution in [1.29, 1.82) is 0 Å². The van der Waals surface area contributed by atoms with Gasteiger partial charge in [0.05, 0.1) is 6.61 Å². The molecule has 0 radical (unpaired) electrons. The van der Waals surface area contributed by atoms with Gasteiger partial charge in [-0.15, -0.1) is 0 Å². The Hall–Kier alpha value is 0.120. The summed E-state index contributed by atoms with van der Waals surface area (Å²) in [7, 11) is 0. The van der Waals surface area contributed by atoms with Crippen molar-refractivity contribution < 1.29 is 9.53 Å². The maximum atomic E-state index is 11.2. The Balaban J connectivity index is 2.93. The Labute approximate surface area is 92.4 Å². The molecule has 0 saturated heterocycles. The Bertz CT molecular complexity index is 282. The molecule has 0 aliphatic carbocycles. The van der Waals surface area contributed by atoms with E-state index < -0.39 is 5.97 Å². The van der Waals surface area contributed by atoms with E-state index in [0.717, 1.165) is 11.5 Å². The van der Waals surface area contributed by atoms with Crippen molar-refractivity contribution in [3.63, 3.8) is 0 Å². The lowest BCUT2D eigenvalue weighted by Crippen LogP contribution is -2.05. The normalized spacial score (nSPS) is 9.92. The molecule has 0 saturated carbocycles. The number of nitrogens with zero attached hydrogens (tertiary/aromatic N) is 1. The van der Waals surface area contributed by atoms with Crippen molar-refractivity contribution in [3.05, 3.63) is 13.6 Å². The molecule has 1 aromatic heterocycles. The third-order valence-corrected chi connectivity index (χ3v) is 3.23. The molecule has 0 aliphatic rings. The second-order valence-electron chi connectivity index (χ2n) is 1.84. The molecule has 0 N–H and O–H groups in total. The molecule has 6 heteroatoms. The number of carbonyl (C=O) groups is 1. The molecule has 0 aliphatic heterocycles. The maximum absolute atomic E-state index is 11.2. The third-order valence-electron chi connectivity index (χ3n) is 1.09. The predicted molar refractivity (Wildman–Crippen MR) is 55.8 cm³/mol. The van der Waals surface area contributed by atoms with E-state index in [1.807, 2.05) is 22.6 Å². The smallest absolute Gasteiger partial charge is 0.343 e. The highest BCUT2D eigenvalue weighted by atomic mass is 127. The zero-order chi connectivity index (χ0) is 9.14. The lowest BCUT2D eigenvalue weighted by molar-refractivity contribution is 0.0525. The van der Waals surface area contributed by atoms with E-state index in [1.54, 1.807) is 6.92 Å². The van der Waals surface area contributed by atoms with Gasteiger partial charge in [-0.1, -0.05) is 11.6 Å². The minimum atomic E-state index is -0.402. The Morgan fingerprint density at radius 2 is 2.50 bits per heavy atom. The van der Waals surface area contributed by atoms with Crippen molar-refractivity contribution >= 4 is 51.7 Å². The summed E-state index contributed by atoms with van der Waals surface area (Å²) in [5.41, 5.74) is 0.379. The molecule has 1 heterocycles. The van der Waals surface area contributed by atoms with Gasteiger partial charge in [-0.2, -0.15) is 4.37 Å². The van der Waals surface area contributed by atoms with Gasteiger partial charge in [0.25, 0.3) is 0 Å². The number of hydrogen-bond donors (Lipinski definition) is 0. The Morgan fingerprint density at radius 3 is 2.92 bits per heavy atom. The van der Waals surface area contributed by atoms with Crippen LogP contribution in [-0.4, -0.2) is 16.9 Å². The molecule has 0 amide bonds. The van der Waals surface area contributed by atoms with Crippen LogP contribution < -0.4 is 0 Å². The molecular formula is C6H5ClINO2S. The van der Waals surface area contributed by atoms with Crippen molar-refractivity contribution in [2.24, 2.45) is 0 Å². The minimum Gasteiger partial charge on any atom is -0.462 e. The highest BCUT2D eigenvalue weighted by molar-refractivity contribution is 14.1. The molecule has 0 aromatic carbocycles. The number of aromatic nitrogens is 1. The zero-order valence-electron chi connectivity index (χ0n) is 6.13. The first kappa shape index (κ1) is 10.2. The average molecular weight is 318 g/mol. The number of carbonyl (C=O) groups excluding carboxylic acids is 1. The van der Waals surface area contributed by atoms with Crippen molar-refractivity contribution in [1.82, 2.24) is 4.37 Å². The highest BCUT2D eigenvalue weighted by Gasteiger charge is 2.18. The van der Waals surface area contributed by atoms with Crippen molar-refractivity contribution in [2.45, 2.75) is 6.92 Å². The van der Waals surface area contributed by atoms with Gasteiger partial charge < -0.3 is 4.74 Å². The van der Waals surface area contributed by atoms with E-state index in [1.165, 1.54) is 0 Å². The SMILES string of the molecule is CCOC(=O)c1c(I)nsc1Cl. The second kappa shape index (κ2) is 4.38. The Kier molecular flexibility index (Phi) is 3.73. The number of ether oxygens (including phenoxy) is 1. The lowest BCUT2D eigenvalue weighted by atomic mass is 10.4. The first-order valence-corrected chi connectivity index (χ1v) is 5.37. The van der Waals surface area contributed by atoms with E-state index in [4.69, 9.17) is 16.3 Å². The molecule has 0 spiro atoms.